The highest BCUT2D eigenvalue weighted by molar-refractivity contribution is 5.99. The molecule has 1 aromatic rings. The molecule has 0 spiro atoms. The van der Waals surface area contributed by atoms with E-state index in [-0.39, 0.29) is 0 Å². The van der Waals surface area contributed by atoms with E-state index in [1.54, 1.807) is 12.1 Å². The van der Waals surface area contributed by atoms with Gasteiger partial charge in [-0.05, 0) is 23.5 Å². The number of carbonyl (C=O) groups excluding carboxylic acids is 3. The van der Waals surface area contributed by atoms with Gasteiger partial charge < -0.3 is 19.7 Å². The van der Waals surface area contributed by atoms with E-state index in [1.807, 2.05) is 12.1 Å². The van der Waals surface area contributed by atoms with E-state index >= 15 is 0 Å². The van der Waals surface area contributed by atoms with Crippen molar-refractivity contribution in [3.8, 4) is 0 Å². The van der Waals surface area contributed by atoms with Crippen LogP contribution in [0.5, 0.6) is 0 Å². The normalized spacial score (nSPS) is 13.5. The number of aldehydes is 1. The summed E-state index contributed by atoms with van der Waals surface area (Å²) in [5, 5.41) is 17.7. The van der Waals surface area contributed by atoms with Crippen molar-refractivity contribution < 1.29 is 29.3 Å². The van der Waals surface area contributed by atoms with E-state index in [2.05, 4.69) is 18.6 Å². The number of rotatable bonds is 7. The SMILES string of the molecule is CC(C)Cc1ccc(C(C=O)C(=O)OC(=O)C(O)CO)cc1. The molecule has 1 rings (SSSR count). The highest BCUT2D eigenvalue weighted by atomic mass is 16.6. The number of hydrogen-bond acceptors (Lipinski definition) is 6. The fourth-order valence-electron chi connectivity index (χ4n) is 1.91. The number of hydrogen-bond donors (Lipinski definition) is 2. The average molecular weight is 308 g/mol. The van der Waals surface area contributed by atoms with Gasteiger partial charge in [0.1, 0.15) is 12.2 Å². The van der Waals surface area contributed by atoms with Gasteiger partial charge >= 0.3 is 11.9 Å². The van der Waals surface area contributed by atoms with Gasteiger partial charge in [0.2, 0.25) is 0 Å². The zero-order valence-corrected chi connectivity index (χ0v) is 12.6. The lowest BCUT2D eigenvalue weighted by Crippen LogP contribution is -2.31. The molecule has 0 heterocycles. The van der Waals surface area contributed by atoms with Gasteiger partial charge in [-0.25, -0.2) is 4.79 Å². The Kier molecular flexibility index (Phi) is 6.88. The third-order valence-corrected chi connectivity index (χ3v) is 3.02. The van der Waals surface area contributed by atoms with Crippen molar-refractivity contribution in [1.82, 2.24) is 0 Å². The summed E-state index contributed by atoms with van der Waals surface area (Å²) in [6.07, 6.45) is -0.555. The molecule has 6 nitrogen and oxygen atoms in total. The Bertz CT molecular complexity index is 520. The minimum atomic E-state index is -1.80. The van der Waals surface area contributed by atoms with Gasteiger partial charge in [0.25, 0.3) is 0 Å². The van der Waals surface area contributed by atoms with Crippen LogP contribution < -0.4 is 0 Å². The van der Waals surface area contributed by atoms with Crippen molar-refractivity contribution in [1.29, 1.82) is 0 Å². The van der Waals surface area contributed by atoms with Gasteiger partial charge in [-0.2, -0.15) is 0 Å². The Morgan fingerprint density at radius 3 is 2.23 bits per heavy atom. The number of ether oxygens (including phenoxy) is 1. The maximum atomic E-state index is 11.8. The van der Waals surface area contributed by atoms with Crippen molar-refractivity contribution in [2.75, 3.05) is 6.61 Å². The highest BCUT2D eigenvalue weighted by Gasteiger charge is 2.27. The molecule has 120 valence electrons. The molecular weight excluding hydrogens is 288 g/mol. The number of aliphatic hydroxyl groups excluding tert-OH is 2. The molecule has 0 aromatic heterocycles. The van der Waals surface area contributed by atoms with Crippen LogP contribution in [-0.2, 0) is 25.5 Å². The molecule has 0 aliphatic rings. The van der Waals surface area contributed by atoms with Crippen LogP contribution in [0, 0.1) is 5.92 Å². The third kappa shape index (κ3) is 5.05. The maximum Gasteiger partial charge on any atom is 0.345 e. The molecule has 0 saturated carbocycles. The lowest BCUT2D eigenvalue weighted by Gasteiger charge is -2.12. The topological polar surface area (TPSA) is 101 Å². The van der Waals surface area contributed by atoms with Crippen molar-refractivity contribution >= 4 is 18.2 Å². The lowest BCUT2D eigenvalue weighted by atomic mass is 9.96. The smallest absolute Gasteiger partial charge is 0.345 e. The van der Waals surface area contributed by atoms with E-state index in [0.717, 1.165) is 12.0 Å². The Hall–Kier alpha value is -2.05. The molecule has 0 aliphatic carbocycles. The molecular formula is C16H20O6. The minimum absolute atomic E-state index is 0.373. The molecule has 0 amide bonds. The van der Waals surface area contributed by atoms with Gasteiger partial charge in [0.05, 0.1) is 6.61 Å². The Morgan fingerprint density at radius 2 is 1.77 bits per heavy atom. The largest absolute Gasteiger partial charge is 0.393 e. The fraction of sp³-hybridized carbons (Fsp3) is 0.438. The Morgan fingerprint density at radius 1 is 1.18 bits per heavy atom. The molecule has 0 radical (unpaired) electrons. The van der Waals surface area contributed by atoms with Gasteiger partial charge in [-0.15, -0.1) is 0 Å². The summed E-state index contributed by atoms with van der Waals surface area (Å²) in [5.41, 5.74) is 1.47. The summed E-state index contributed by atoms with van der Waals surface area (Å²) >= 11 is 0. The number of esters is 2. The standard InChI is InChI=1S/C16H20O6/c1-10(2)7-11-3-5-12(6-4-11)13(8-17)15(20)22-16(21)14(19)9-18/h3-6,8,10,13-14,18-19H,7,9H2,1-2H3. The number of carbonyl (C=O) groups is 3. The summed E-state index contributed by atoms with van der Waals surface area (Å²) in [5.74, 6) is -3.13. The average Bonchev–Trinajstić information content (AvgIpc) is 2.48. The van der Waals surface area contributed by atoms with Crippen molar-refractivity contribution in [2.45, 2.75) is 32.3 Å². The van der Waals surface area contributed by atoms with Crippen LogP contribution in [0.25, 0.3) is 0 Å². The molecule has 0 bridgehead atoms. The van der Waals surface area contributed by atoms with Gasteiger partial charge in [-0.1, -0.05) is 38.1 Å². The first kappa shape index (κ1) is 18.0. The van der Waals surface area contributed by atoms with E-state index in [0.29, 0.717) is 17.8 Å². The number of benzene rings is 1. The molecule has 0 aliphatic heterocycles. The molecule has 22 heavy (non-hydrogen) atoms. The maximum absolute atomic E-state index is 11.8. The van der Waals surface area contributed by atoms with E-state index in [4.69, 9.17) is 10.2 Å². The summed E-state index contributed by atoms with van der Waals surface area (Å²) in [4.78, 5) is 34.2. The Labute approximate surface area is 128 Å². The van der Waals surface area contributed by atoms with Crippen LogP contribution in [0.3, 0.4) is 0 Å². The summed E-state index contributed by atoms with van der Waals surface area (Å²) in [7, 11) is 0. The number of aliphatic hydroxyl groups is 2. The van der Waals surface area contributed by atoms with Crippen LogP contribution in [0.2, 0.25) is 0 Å². The van der Waals surface area contributed by atoms with Gasteiger partial charge in [0.15, 0.2) is 6.10 Å². The molecule has 2 unspecified atom stereocenters. The summed E-state index contributed by atoms with van der Waals surface area (Å²) < 4.78 is 4.39. The first-order valence-electron chi connectivity index (χ1n) is 6.97. The van der Waals surface area contributed by atoms with Gasteiger partial charge in [-0.3, -0.25) is 4.79 Å². The van der Waals surface area contributed by atoms with Crippen molar-refractivity contribution in [2.24, 2.45) is 5.92 Å². The lowest BCUT2D eigenvalue weighted by molar-refractivity contribution is -0.167. The molecule has 2 N–H and O–H groups in total. The molecule has 6 heteroatoms. The highest BCUT2D eigenvalue weighted by Crippen LogP contribution is 2.18. The second-order valence-electron chi connectivity index (χ2n) is 5.39. The van der Waals surface area contributed by atoms with Crippen LogP contribution in [0.1, 0.15) is 30.9 Å². The zero-order valence-electron chi connectivity index (χ0n) is 12.6. The zero-order chi connectivity index (χ0) is 16.7. The van der Waals surface area contributed by atoms with E-state index < -0.39 is 30.6 Å². The quantitative estimate of drug-likeness (QED) is 0.434. The molecule has 1 aromatic carbocycles. The van der Waals surface area contributed by atoms with Crippen molar-refractivity contribution in [3.63, 3.8) is 0 Å². The van der Waals surface area contributed by atoms with Crippen molar-refractivity contribution in [3.05, 3.63) is 35.4 Å². The second-order valence-corrected chi connectivity index (χ2v) is 5.39. The first-order valence-corrected chi connectivity index (χ1v) is 6.97. The predicted octanol–water partition coefficient (Wildman–Crippen LogP) is 0.591. The van der Waals surface area contributed by atoms with Crippen LogP contribution in [0.15, 0.2) is 24.3 Å². The molecule has 0 fully saturated rings. The van der Waals surface area contributed by atoms with Crippen LogP contribution in [0.4, 0.5) is 0 Å². The van der Waals surface area contributed by atoms with E-state index in [9.17, 15) is 14.4 Å². The monoisotopic (exact) mass is 308 g/mol. The Balaban J connectivity index is 2.80. The fourth-order valence-corrected chi connectivity index (χ4v) is 1.91. The molecule has 0 saturated heterocycles. The minimum Gasteiger partial charge on any atom is -0.393 e. The summed E-state index contributed by atoms with van der Waals surface area (Å²) in [6.45, 7) is 3.30. The van der Waals surface area contributed by atoms with Crippen LogP contribution >= 0.6 is 0 Å². The van der Waals surface area contributed by atoms with E-state index in [1.165, 1.54) is 0 Å². The third-order valence-electron chi connectivity index (χ3n) is 3.02. The van der Waals surface area contributed by atoms with Crippen LogP contribution in [-0.4, -0.2) is 41.1 Å². The second kappa shape index (κ2) is 8.41. The van der Waals surface area contributed by atoms with Gasteiger partial charge in [0, 0.05) is 0 Å². The first-order chi connectivity index (χ1) is 10.4. The predicted molar refractivity (Wildman–Crippen MR) is 78.0 cm³/mol. The molecule has 2 atom stereocenters. The summed E-state index contributed by atoms with van der Waals surface area (Å²) in [6, 6.07) is 6.88.